The molecule has 1 aromatic heterocycles. The molecule has 0 saturated carbocycles. The predicted octanol–water partition coefficient (Wildman–Crippen LogP) is 3.93. The van der Waals surface area contributed by atoms with E-state index in [1.165, 1.54) is 18.2 Å². The van der Waals surface area contributed by atoms with Gasteiger partial charge in [0.15, 0.2) is 5.15 Å². The maximum atomic E-state index is 13.4. The molecule has 18 heavy (non-hydrogen) atoms. The van der Waals surface area contributed by atoms with Gasteiger partial charge in [0, 0.05) is 18.3 Å². The van der Waals surface area contributed by atoms with Crippen molar-refractivity contribution in [1.29, 1.82) is 0 Å². The molecule has 0 fully saturated rings. The van der Waals surface area contributed by atoms with Crippen LogP contribution in [-0.4, -0.2) is 4.98 Å². The van der Waals surface area contributed by atoms with Gasteiger partial charge < -0.3 is 5.32 Å². The van der Waals surface area contributed by atoms with Gasteiger partial charge in [-0.1, -0.05) is 17.7 Å². The number of anilines is 1. The van der Waals surface area contributed by atoms with E-state index in [1.807, 2.05) is 6.92 Å². The highest BCUT2D eigenvalue weighted by Crippen LogP contribution is 2.24. The molecule has 0 saturated heterocycles. The van der Waals surface area contributed by atoms with Crippen molar-refractivity contribution in [2.75, 3.05) is 5.32 Å². The molecule has 1 aromatic carbocycles. The predicted molar refractivity (Wildman–Crippen MR) is 67.7 cm³/mol. The second-order valence-corrected chi connectivity index (χ2v) is 4.21. The summed E-state index contributed by atoms with van der Waals surface area (Å²) < 4.78 is 26.9. The molecule has 0 unspecified atom stereocenters. The fraction of sp³-hybridized carbons (Fsp3) is 0.154. The molecule has 0 bridgehead atoms. The van der Waals surface area contributed by atoms with Crippen LogP contribution < -0.4 is 5.32 Å². The molecule has 0 aliphatic carbocycles. The van der Waals surface area contributed by atoms with E-state index in [0.717, 1.165) is 5.56 Å². The minimum absolute atomic E-state index is 0.0168. The van der Waals surface area contributed by atoms with E-state index in [4.69, 9.17) is 11.6 Å². The van der Waals surface area contributed by atoms with Gasteiger partial charge in [0.2, 0.25) is 0 Å². The number of aryl methyl sites for hydroxylation is 1. The third-order valence-corrected chi connectivity index (χ3v) is 2.90. The van der Waals surface area contributed by atoms with Gasteiger partial charge in [0.25, 0.3) is 0 Å². The SMILES string of the molecule is Cc1ccnc(Cl)c1NCc1c(F)cccc1F. The highest BCUT2D eigenvalue weighted by molar-refractivity contribution is 6.32. The number of rotatable bonds is 3. The van der Waals surface area contributed by atoms with Crippen LogP contribution in [0, 0.1) is 18.6 Å². The van der Waals surface area contributed by atoms with Crippen molar-refractivity contribution in [3.63, 3.8) is 0 Å². The molecule has 0 atom stereocenters. The van der Waals surface area contributed by atoms with Gasteiger partial charge in [-0.25, -0.2) is 13.8 Å². The standard InChI is InChI=1S/C13H11ClF2N2/c1-8-5-6-17-13(14)12(8)18-7-9-10(15)3-2-4-11(9)16/h2-6,18H,7H2,1H3. The van der Waals surface area contributed by atoms with Crippen LogP contribution in [0.4, 0.5) is 14.5 Å². The van der Waals surface area contributed by atoms with E-state index in [-0.39, 0.29) is 17.3 Å². The van der Waals surface area contributed by atoms with Crippen LogP contribution >= 0.6 is 11.6 Å². The molecule has 2 nitrogen and oxygen atoms in total. The molecule has 94 valence electrons. The van der Waals surface area contributed by atoms with E-state index in [0.29, 0.717) is 5.69 Å². The van der Waals surface area contributed by atoms with Crippen molar-refractivity contribution in [1.82, 2.24) is 4.98 Å². The summed E-state index contributed by atoms with van der Waals surface area (Å²) in [6.45, 7) is 1.86. The van der Waals surface area contributed by atoms with Crippen LogP contribution in [0.2, 0.25) is 5.15 Å². The van der Waals surface area contributed by atoms with Gasteiger partial charge in [-0.15, -0.1) is 0 Å². The van der Waals surface area contributed by atoms with Crippen LogP contribution in [0.25, 0.3) is 0 Å². The number of halogens is 3. The molecule has 1 N–H and O–H groups in total. The Labute approximate surface area is 109 Å². The Hall–Kier alpha value is -1.68. The molecule has 0 aliphatic rings. The Bertz CT molecular complexity index is 481. The fourth-order valence-corrected chi connectivity index (χ4v) is 1.89. The fourth-order valence-electron chi connectivity index (χ4n) is 1.62. The van der Waals surface area contributed by atoms with Gasteiger partial charge in [-0.2, -0.15) is 0 Å². The first-order valence-electron chi connectivity index (χ1n) is 5.37. The van der Waals surface area contributed by atoms with Crippen molar-refractivity contribution in [3.8, 4) is 0 Å². The number of hydrogen-bond acceptors (Lipinski definition) is 2. The van der Waals surface area contributed by atoms with Crippen LogP contribution in [-0.2, 0) is 6.54 Å². The lowest BCUT2D eigenvalue weighted by atomic mass is 10.2. The average Bonchev–Trinajstić information content (AvgIpc) is 2.31. The molecule has 0 aliphatic heterocycles. The third kappa shape index (κ3) is 2.59. The maximum Gasteiger partial charge on any atom is 0.152 e. The van der Waals surface area contributed by atoms with Crippen molar-refractivity contribution in [2.45, 2.75) is 13.5 Å². The summed E-state index contributed by atoms with van der Waals surface area (Å²) in [5.74, 6) is -1.17. The summed E-state index contributed by atoms with van der Waals surface area (Å²) in [5, 5.41) is 3.19. The maximum absolute atomic E-state index is 13.4. The number of nitrogens with one attached hydrogen (secondary N) is 1. The summed E-state index contributed by atoms with van der Waals surface area (Å²) in [5.41, 5.74) is 1.44. The largest absolute Gasteiger partial charge is 0.378 e. The monoisotopic (exact) mass is 268 g/mol. The van der Waals surface area contributed by atoms with Gasteiger partial charge in [-0.3, -0.25) is 0 Å². The van der Waals surface area contributed by atoms with Crippen molar-refractivity contribution in [2.24, 2.45) is 0 Å². The first kappa shape index (κ1) is 12.8. The average molecular weight is 269 g/mol. The van der Waals surface area contributed by atoms with Gasteiger partial charge in [0.1, 0.15) is 11.6 Å². The zero-order valence-corrected chi connectivity index (χ0v) is 10.4. The lowest BCUT2D eigenvalue weighted by molar-refractivity contribution is 0.560. The van der Waals surface area contributed by atoms with Crippen LogP contribution in [0.1, 0.15) is 11.1 Å². The number of benzene rings is 1. The Morgan fingerprint density at radius 3 is 2.50 bits per heavy atom. The summed E-state index contributed by atoms with van der Waals surface area (Å²) in [6.07, 6.45) is 1.58. The van der Waals surface area contributed by atoms with Crippen LogP contribution in [0.15, 0.2) is 30.5 Å². The minimum atomic E-state index is -0.583. The van der Waals surface area contributed by atoms with Crippen molar-refractivity contribution < 1.29 is 8.78 Å². The van der Waals surface area contributed by atoms with E-state index < -0.39 is 11.6 Å². The molecular weight excluding hydrogens is 258 g/mol. The molecule has 2 rings (SSSR count). The quantitative estimate of drug-likeness (QED) is 0.853. The third-order valence-electron chi connectivity index (χ3n) is 2.62. The number of aromatic nitrogens is 1. The van der Waals surface area contributed by atoms with Gasteiger partial charge >= 0.3 is 0 Å². The van der Waals surface area contributed by atoms with Crippen LogP contribution in [0.3, 0.4) is 0 Å². The molecule has 1 heterocycles. The van der Waals surface area contributed by atoms with Gasteiger partial charge in [-0.05, 0) is 30.7 Å². The first-order valence-corrected chi connectivity index (χ1v) is 5.75. The lowest BCUT2D eigenvalue weighted by Gasteiger charge is -2.11. The second kappa shape index (κ2) is 5.31. The topological polar surface area (TPSA) is 24.9 Å². The molecule has 0 amide bonds. The van der Waals surface area contributed by atoms with E-state index >= 15 is 0 Å². The number of hydrogen-bond donors (Lipinski definition) is 1. The first-order chi connectivity index (χ1) is 8.59. The zero-order chi connectivity index (χ0) is 13.1. The molecule has 5 heteroatoms. The van der Waals surface area contributed by atoms with Crippen LogP contribution in [0.5, 0.6) is 0 Å². The molecule has 2 aromatic rings. The summed E-state index contributed by atoms with van der Waals surface area (Å²) in [7, 11) is 0. The summed E-state index contributed by atoms with van der Waals surface area (Å²) >= 11 is 5.91. The zero-order valence-electron chi connectivity index (χ0n) is 9.67. The Balaban J connectivity index is 2.22. The Kier molecular flexibility index (Phi) is 3.77. The summed E-state index contributed by atoms with van der Waals surface area (Å²) in [6, 6.07) is 5.54. The summed E-state index contributed by atoms with van der Waals surface area (Å²) in [4.78, 5) is 3.91. The van der Waals surface area contributed by atoms with Crippen molar-refractivity contribution in [3.05, 3.63) is 58.4 Å². The van der Waals surface area contributed by atoms with Gasteiger partial charge in [0.05, 0.1) is 5.69 Å². The van der Waals surface area contributed by atoms with E-state index in [9.17, 15) is 8.78 Å². The van der Waals surface area contributed by atoms with Crippen molar-refractivity contribution >= 4 is 17.3 Å². The van der Waals surface area contributed by atoms with E-state index in [1.54, 1.807) is 12.3 Å². The normalized spacial score (nSPS) is 10.4. The number of nitrogens with zero attached hydrogens (tertiary/aromatic N) is 1. The Morgan fingerprint density at radius 1 is 1.22 bits per heavy atom. The molecule has 0 radical (unpaired) electrons. The number of pyridine rings is 1. The van der Waals surface area contributed by atoms with E-state index in [2.05, 4.69) is 10.3 Å². The molecular formula is C13H11ClF2N2. The Morgan fingerprint density at radius 2 is 1.89 bits per heavy atom. The second-order valence-electron chi connectivity index (χ2n) is 3.85. The highest BCUT2D eigenvalue weighted by atomic mass is 35.5. The smallest absolute Gasteiger partial charge is 0.152 e. The highest BCUT2D eigenvalue weighted by Gasteiger charge is 2.10. The lowest BCUT2D eigenvalue weighted by Crippen LogP contribution is -2.06. The minimum Gasteiger partial charge on any atom is -0.378 e. The molecule has 0 spiro atoms.